The number of hydrogen-bond donors (Lipinski definition) is 2. The van der Waals surface area contributed by atoms with Gasteiger partial charge < -0.3 is 19.3 Å². The molecule has 0 unspecified atom stereocenters. The number of carbonyl (C=O) groups is 3. The molecule has 1 aromatic heterocycles. The Hall–Kier alpha value is -3.89. The molecule has 0 aliphatic carbocycles. The van der Waals surface area contributed by atoms with Gasteiger partial charge in [0.25, 0.3) is 0 Å². The molecule has 190 valence electrons. The van der Waals surface area contributed by atoms with Crippen LogP contribution in [0.2, 0.25) is 0 Å². The largest absolute Gasteiger partial charge is 0.508 e. The standard InChI is InChI=1S/C27H24N2O7S/c1-34-26(33)27(14-15-4-7-17(30)8-5-15)22-21(23(28-27)20-3-2-12-37-20)24(31)29(25(22)32)16-6-9-18-19(13-16)36-11-10-35-18/h2-9,12-13,21-23,28,30H,10-11,14H2,1H3/t21-,22-,23-,27-/m1/s1. The number of thiophene rings is 1. The molecule has 0 radical (unpaired) electrons. The van der Waals surface area contributed by atoms with Crippen LogP contribution >= 0.6 is 11.3 Å². The average molecular weight is 521 g/mol. The van der Waals surface area contributed by atoms with E-state index in [4.69, 9.17) is 14.2 Å². The Bertz CT molecular complexity index is 1370. The minimum absolute atomic E-state index is 0.0847. The number of methoxy groups -OCH3 is 1. The highest BCUT2D eigenvalue weighted by Crippen LogP contribution is 2.52. The van der Waals surface area contributed by atoms with Crippen molar-refractivity contribution in [2.24, 2.45) is 11.8 Å². The average Bonchev–Trinajstić information content (AvgIpc) is 3.62. The Morgan fingerprint density at radius 3 is 2.57 bits per heavy atom. The number of anilines is 1. The van der Waals surface area contributed by atoms with E-state index in [0.29, 0.717) is 36.0 Å². The van der Waals surface area contributed by atoms with Crippen LogP contribution in [0.25, 0.3) is 0 Å². The Morgan fingerprint density at radius 2 is 1.86 bits per heavy atom. The molecule has 9 nitrogen and oxygen atoms in total. The van der Waals surface area contributed by atoms with Gasteiger partial charge in [-0.25, -0.2) is 4.90 Å². The van der Waals surface area contributed by atoms with Crippen LogP contribution in [-0.4, -0.2) is 48.8 Å². The fourth-order valence-corrected chi connectivity index (χ4v) is 6.50. The summed E-state index contributed by atoms with van der Waals surface area (Å²) in [6.07, 6.45) is 0.0942. The highest BCUT2D eigenvalue weighted by atomic mass is 32.1. The van der Waals surface area contributed by atoms with E-state index in [1.165, 1.54) is 30.6 Å². The summed E-state index contributed by atoms with van der Waals surface area (Å²) in [5, 5.41) is 15.0. The minimum Gasteiger partial charge on any atom is -0.508 e. The van der Waals surface area contributed by atoms with Crippen LogP contribution in [0.5, 0.6) is 17.2 Å². The van der Waals surface area contributed by atoms with Crippen molar-refractivity contribution in [2.45, 2.75) is 18.0 Å². The van der Waals surface area contributed by atoms with Crippen LogP contribution in [0.3, 0.4) is 0 Å². The van der Waals surface area contributed by atoms with Gasteiger partial charge in [0, 0.05) is 17.4 Å². The molecular formula is C27H24N2O7S. The van der Waals surface area contributed by atoms with Gasteiger partial charge in [-0.05, 0) is 41.3 Å². The molecule has 2 fully saturated rings. The molecule has 0 bridgehead atoms. The maximum absolute atomic E-state index is 14.1. The molecule has 2 aromatic carbocycles. The van der Waals surface area contributed by atoms with Crippen LogP contribution in [0, 0.1) is 11.8 Å². The normalized spacial score (nSPS) is 26.3. The quantitative estimate of drug-likeness (QED) is 0.390. The molecule has 0 spiro atoms. The van der Waals surface area contributed by atoms with Crippen molar-refractivity contribution in [1.82, 2.24) is 5.32 Å². The third-order valence-corrected chi connectivity index (χ3v) is 8.21. The second-order valence-corrected chi connectivity index (χ2v) is 10.3. The van der Waals surface area contributed by atoms with Crippen molar-refractivity contribution in [3.63, 3.8) is 0 Å². The summed E-state index contributed by atoms with van der Waals surface area (Å²) >= 11 is 1.45. The smallest absolute Gasteiger partial charge is 0.327 e. The number of ether oxygens (including phenoxy) is 3. The van der Waals surface area contributed by atoms with Crippen LogP contribution in [0.15, 0.2) is 60.0 Å². The first kappa shape index (κ1) is 23.5. The van der Waals surface area contributed by atoms with Crippen molar-refractivity contribution in [1.29, 1.82) is 0 Å². The Labute approximate surface area is 216 Å². The van der Waals surface area contributed by atoms with Gasteiger partial charge in [-0.1, -0.05) is 18.2 Å². The molecule has 2 N–H and O–H groups in total. The van der Waals surface area contributed by atoms with Crippen LogP contribution in [-0.2, 0) is 25.5 Å². The predicted molar refractivity (Wildman–Crippen MR) is 134 cm³/mol. The number of rotatable bonds is 5. The maximum Gasteiger partial charge on any atom is 0.327 e. The summed E-state index contributed by atoms with van der Waals surface area (Å²) in [5.74, 6) is -2.25. The minimum atomic E-state index is -1.50. The maximum atomic E-state index is 14.1. The van der Waals surface area contributed by atoms with Crippen LogP contribution in [0.4, 0.5) is 5.69 Å². The third-order valence-electron chi connectivity index (χ3n) is 7.26. The lowest BCUT2D eigenvalue weighted by atomic mass is 9.76. The molecule has 2 saturated heterocycles. The van der Waals surface area contributed by atoms with Crippen molar-refractivity contribution in [2.75, 3.05) is 25.2 Å². The lowest BCUT2D eigenvalue weighted by molar-refractivity contribution is -0.152. The predicted octanol–water partition coefficient (Wildman–Crippen LogP) is 2.83. The van der Waals surface area contributed by atoms with Crippen molar-refractivity contribution >= 4 is 34.8 Å². The summed E-state index contributed by atoms with van der Waals surface area (Å²) in [4.78, 5) is 43.6. The monoisotopic (exact) mass is 520 g/mol. The van der Waals surface area contributed by atoms with Gasteiger partial charge in [0.05, 0.1) is 30.7 Å². The van der Waals surface area contributed by atoms with Gasteiger partial charge in [0.2, 0.25) is 11.8 Å². The van der Waals surface area contributed by atoms with E-state index < -0.39 is 41.2 Å². The van der Waals surface area contributed by atoms with Gasteiger partial charge in [-0.15, -0.1) is 11.3 Å². The molecule has 10 heteroatoms. The topological polar surface area (TPSA) is 114 Å². The zero-order chi connectivity index (χ0) is 25.7. The van der Waals surface area contributed by atoms with Gasteiger partial charge in [-0.2, -0.15) is 0 Å². The first-order valence-corrected chi connectivity index (χ1v) is 12.8. The Kier molecular flexibility index (Phi) is 5.65. The highest BCUT2D eigenvalue weighted by molar-refractivity contribution is 7.10. The molecule has 3 aliphatic heterocycles. The molecule has 6 rings (SSSR count). The second-order valence-electron chi connectivity index (χ2n) is 9.29. The van der Waals surface area contributed by atoms with Crippen molar-refractivity contribution < 1.29 is 33.7 Å². The number of hydrogen-bond acceptors (Lipinski definition) is 9. The fraction of sp³-hybridized carbons (Fsp3) is 0.296. The van der Waals surface area contributed by atoms with Crippen molar-refractivity contribution in [3.8, 4) is 17.2 Å². The van der Waals surface area contributed by atoms with Gasteiger partial charge in [-0.3, -0.25) is 19.7 Å². The van der Waals surface area contributed by atoms with Gasteiger partial charge >= 0.3 is 5.97 Å². The van der Waals surface area contributed by atoms with Crippen molar-refractivity contribution in [3.05, 3.63) is 70.4 Å². The number of aromatic hydroxyl groups is 1. The Balaban J connectivity index is 1.47. The molecule has 37 heavy (non-hydrogen) atoms. The number of phenolic OH excluding ortho intramolecular Hbond substituents is 1. The summed E-state index contributed by atoms with van der Waals surface area (Å²) in [7, 11) is 1.27. The molecule has 2 amide bonds. The first-order chi connectivity index (χ1) is 17.9. The van der Waals surface area contributed by atoms with E-state index >= 15 is 0 Å². The third kappa shape index (κ3) is 3.67. The second kappa shape index (κ2) is 8.89. The number of phenols is 1. The van der Waals surface area contributed by atoms with E-state index in [-0.39, 0.29) is 12.2 Å². The number of fused-ring (bicyclic) bond motifs is 2. The van der Waals surface area contributed by atoms with E-state index in [2.05, 4.69) is 5.32 Å². The summed E-state index contributed by atoms with van der Waals surface area (Å²) < 4.78 is 16.5. The molecule has 3 aliphatic rings. The molecule has 0 saturated carbocycles. The number of benzene rings is 2. The van der Waals surface area contributed by atoms with Gasteiger partial charge in [0.15, 0.2) is 11.5 Å². The zero-order valence-electron chi connectivity index (χ0n) is 19.9. The summed E-state index contributed by atoms with van der Waals surface area (Å²) in [6.45, 7) is 0.789. The summed E-state index contributed by atoms with van der Waals surface area (Å²) in [5.41, 5.74) is -0.429. The van der Waals surface area contributed by atoms with Crippen LogP contribution < -0.4 is 19.7 Å². The molecule has 4 atom stereocenters. The van der Waals surface area contributed by atoms with Gasteiger partial charge in [0.1, 0.15) is 24.5 Å². The van der Waals surface area contributed by atoms with E-state index in [1.54, 1.807) is 30.3 Å². The molecule has 3 aromatic rings. The number of imide groups is 1. The first-order valence-electron chi connectivity index (χ1n) is 11.9. The number of nitrogens with zero attached hydrogens (tertiary/aromatic N) is 1. The molecular weight excluding hydrogens is 496 g/mol. The highest BCUT2D eigenvalue weighted by Gasteiger charge is 2.69. The Morgan fingerprint density at radius 1 is 1.11 bits per heavy atom. The zero-order valence-corrected chi connectivity index (χ0v) is 20.7. The molecule has 4 heterocycles. The number of amides is 2. The fourth-order valence-electron chi connectivity index (χ4n) is 5.68. The van der Waals surface area contributed by atoms with E-state index in [0.717, 1.165) is 9.78 Å². The van der Waals surface area contributed by atoms with Crippen LogP contribution in [0.1, 0.15) is 16.5 Å². The van der Waals surface area contributed by atoms with E-state index in [9.17, 15) is 19.5 Å². The van der Waals surface area contributed by atoms with E-state index in [1.807, 2.05) is 17.5 Å². The lowest BCUT2D eigenvalue weighted by Crippen LogP contribution is -2.57. The number of esters is 1. The lowest BCUT2D eigenvalue weighted by Gasteiger charge is -2.32. The number of carbonyl (C=O) groups excluding carboxylic acids is 3. The SMILES string of the molecule is COC(=O)[C@]1(Cc2ccc(O)cc2)N[C@H](c2cccs2)[C@@H]2C(=O)N(c3ccc4c(c3)OCCO4)C(=O)[C@@H]21. The number of nitrogens with one attached hydrogen (secondary N) is 1. The summed E-state index contributed by atoms with van der Waals surface area (Å²) in [6, 6.07) is 14.6.